The van der Waals surface area contributed by atoms with Gasteiger partial charge in [-0.3, -0.25) is 4.98 Å². The molecule has 23 heavy (non-hydrogen) atoms. The minimum Gasteiger partial charge on any atom is -0.354 e. The number of hydrogen-bond acceptors (Lipinski definition) is 6. The van der Waals surface area contributed by atoms with Gasteiger partial charge in [0, 0.05) is 42.3 Å². The lowest BCUT2D eigenvalue weighted by Gasteiger charge is -2.29. The largest absolute Gasteiger partial charge is 0.354 e. The number of hydrogen-bond donors (Lipinski definition) is 0. The standard InChI is InChI=1S/C16H18N4O2S/c21-23(22)10-8-20(9-11-23)16-13-2-1-3-14(13)18-15(19-16)12-4-6-17-7-5-12/h4-7H,1-3,8-11H2. The van der Waals surface area contributed by atoms with E-state index in [0.717, 1.165) is 36.3 Å². The van der Waals surface area contributed by atoms with Crippen molar-refractivity contribution in [2.45, 2.75) is 19.3 Å². The fourth-order valence-corrected chi connectivity index (χ4v) is 4.43. The van der Waals surface area contributed by atoms with Gasteiger partial charge in [-0.05, 0) is 31.4 Å². The Labute approximate surface area is 135 Å². The summed E-state index contributed by atoms with van der Waals surface area (Å²) < 4.78 is 23.4. The third kappa shape index (κ3) is 2.81. The normalized spacial score (nSPS) is 19.6. The Morgan fingerprint density at radius 3 is 2.48 bits per heavy atom. The van der Waals surface area contributed by atoms with Gasteiger partial charge in [0.1, 0.15) is 5.82 Å². The van der Waals surface area contributed by atoms with Gasteiger partial charge in [-0.2, -0.15) is 0 Å². The molecular formula is C16H18N4O2S. The molecule has 120 valence electrons. The second kappa shape index (κ2) is 5.56. The predicted octanol–water partition coefficient (Wildman–Crippen LogP) is 1.26. The van der Waals surface area contributed by atoms with Crippen LogP contribution in [-0.2, 0) is 22.7 Å². The number of sulfone groups is 1. The number of pyridine rings is 1. The van der Waals surface area contributed by atoms with E-state index in [1.807, 2.05) is 12.1 Å². The van der Waals surface area contributed by atoms with E-state index in [1.54, 1.807) is 12.4 Å². The highest BCUT2D eigenvalue weighted by atomic mass is 32.2. The van der Waals surface area contributed by atoms with Crippen molar-refractivity contribution in [3.05, 3.63) is 35.8 Å². The maximum atomic E-state index is 11.7. The molecule has 0 unspecified atom stereocenters. The molecule has 1 saturated heterocycles. The molecule has 0 saturated carbocycles. The highest BCUT2D eigenvalue weighted by Crippen LogP contribution is 2.31. The Morgan fingerprint density at radius 1 is 1.00 bits per heavy atom. The Hall–Kier alpha value is -2.02. The van der Waals surface area contributed by atoms with Gasteiger partial charge in [0.2, 0.25) is 0 Å². The second-order valence-corrected chi connectivity index (χ2v) is 8.33. The first-order chi connectivity index (χ1) is 11.1. The SMILES string of the molecule is O=S1(=O)CCN(c2nc(-c3ccncc3)nc3c2CCC3)CC1. The zero-order valence-corrected chi connectivity index (χ0v) is 13.6. The summed E-state index contributed by atoms with van der Waals surface area (Å²) in [6.45, 7) is 1.03. The fraction of sp³-hybridized carbons (Fsp3) is 0.438. The number of aryl methyl sites for hydroxylation is 1. The summed E-state index contributed by atoms with van der Waals surface area (Å²) in [5, 5.41) is 0. The summed E-state index contributed by atoms with van der Waals surface area (Å²) in [7, 11) is -2.89. The lowest BCUT2D eigenvalue weighted by Crippen LogP contribution is -2.41. The maximum absolute atomic E-state index is 11.7. The van der Waals surface area contributed by atoms with E-state index in [9.17, 15) is 8.42 Å². The van der Waals surface area contributed by atoms with Crippen LogP contribution in [0.5, 0.6) is 0 Å². The van der Waals surface area contributed by atoms with E-state index in [-0.39, 0.29) is 11.5 Å². The van der Waals surface area contributed by atoms with Crippen LogP contribution in [0.2, 0.25) is 0 Å². The van der Waals surface area contributed by atoms with Gasteiger partial charge in [-0.25, -0.2) is 18.4 Å². The molecule has 0 atom stereocenters. The average Bonchev–Trinajstić information content (AvgIpc) is 3.03. The van der Waals surface area contributed by atoms with Crippen LogP contribution in [-0.4, -0.2) is 48.0 Å². The van der Waals surface area contributed by atoms with Crippen LogP contribution in [0.1, 0.15) is 17.7 Å². The van der Waals surface area contributed by atoms with E-state index in [4.69, 9.17) is 9.97 Å². The summed E-state index contributed by atoms with van der Waals surface area (Å²) in [5.74, 6) is 2.04. The highest BCUT2D eigenvalue weighted by molar-refractivity contribution is 7.91. The molecule has 0 N–H and O–H groups in total. The molecule has 0 bridgehead atoms. The molecule has 0 amide bonds. The van der Waals surface area contributed by atoms with Gasteiger partial charge in [0.05, 0.1) is 11.5 Å². The first-order valence-corrected chi connectivity index (χ1v) is 9.70. The smallest absolute Gasteiger partial charge is 0.161 e. The molecule has 4 rings (SSSR count). The number of rotatable bonds is 2. The van der Waals surface area contributed by atoms with E-state index in [0.29, 0.717) is 18.9 Å². The van der Waals surface area contributed by atoms with Crippen molar-refractivity contribution >= 4 is 15.7 Å². The van der Waals surface area contributed by atoms with Crippen molar-refractivity contribution in [2.24, 2.45) is 0 Å². The van der Waals surface area contributed by atoms with Gasteiger partial charge < -0.3 is 4.90 Å². The van der Waals surface area contributed by atoms with Crippen LogP contribution in [0.15, 0.2) is 24.5 Å². The zero-order valence-electron chi connectivity index (χ0n) is 12.8. The molecule has 0 spiro atoms. The molecule has 1 aliphatic carbocycles. The first-order valence-electron chi connectivity index (χ1n) is 7.88. The van der Waals surface area contributed by atoms with Crippen LogP contribution < -0.4 is 4.90 Å². The van der Waals surface area contributed by atoms with Crippen molar-refractivity contribution < 1.29 is 8.42 Å². The molecule has 3 heterocycles. The number of nitrogens with zero attached hydrogens (tertiary/aromatic N) is 4. The van der Waals surface area contributed by atoms with Gasteiger partial charge >= 0.3 is 0 Å². The van der Waals surface area contributed by atoms with E-state index < -0.39 is 9.84 Å². The van der Waals surface area contributed by atoms with Crippen molar-refractivity contribution in [3.63, 3.8) is 0 Å². The molecule has 0 radical (unpaired) electrons. The maximum Gasteiger partial charge on any atom is 0.161 e. The fourth-order valence-electron chi connectivity index (χ4n) is 3.23. The summed E-state index contributed by atoms with van der Waals surface area (Å²) in [5.41, 5.74) is 3.25. The Kier molecular flexibility index (Phi) is 3.52. The number of anilines is 1. The zero-order chi connectivity index (χ0) is 15.9. The van der Waals surface area contributed by atoms with Crippen molar-refractivity contribution in [1.29, 1.82) is 0 Å². The lowest BCUT2D eigenvalue weighted by molar-refractivity contribution is 0.586. The minimum absolute atomic E-state index is 0.205. The molecule has 2 aliphatic rings. The molecule has 6 nitrogen and oxygen atoms in total. The summed E-state index contributed by atoms with van der Waals surface area (Å²) in [6.07, 6.45) is 6.50. The van der Waals surface area contributed by atoms with E-state index in [1.165, 1.54) is 5.56 Å². The molecule has 1 fully saturated rings. The van der Waals surface area contributed by atoms with Crippen LogP contribution in [0.25, 0.3) is 11.4 Å². The molecule has 1 aliphatic heterocycles. The van der Waals surface area contributed by atoms with Gasteiger partial charge in [-0.15, -0.1) is 0 Å². The van der Waals surface area contributed by atoms with Gasteiger partial charge in [-0.1, -0.05) is 0 Å². The Bertz CT molecular complexity index is 823. The highest BCUT2D eigenvalue weighted by Gasteiger charge is 2.28. The van der Waals surface area contributed by atoms with Crippen LogP contribution in [0.4, 0.5) is 5.82 Å². The van der Waals surface area contributed by atoms with E-state index in [2.05, 4.69) is 9.88 Å². The monoisotopic (exact) mass is 330 g/mol. The third-order valence-electron chi connectivity index (χ3n) is 4.49. The molecule has 7 heteroatoms. The number of aromatic nitrogens is 3. The van der Waals surface area contributed by atoms with Gasteiger partial charge in [0.25, 0.3) is 0 Å². The minimum atomic E-state index is -2.89. The van der Waals surface area contributed by atoms with Crippen LogP contribution >= 0.6 is 0 Å². The topological polar surface area (TPSA) is 76.1 Å². The van der Waals surface area contributed by atoms with Crippen LogP contribution in [0.3, 0.4) is 0 Å². The summed E-state index contributed by atoms with van der Waals surface area (Å²) in [4.78, 5) is 15.6. The molecular weight excluding hydrogens is 312 g/mol. The predicted molar refractivity (Wildman–Crippen MR) is 88.2 cm³/mol. The number of fused-ring (bicyclic) bond motifs is 1. The van der Waals surface area contributed by atoms with Crippen molar-refractivity contribution in [1.82, 2.24) is 15.0 Å². The van der Waals surface area contributed by atoms with Crippen LogP contribution in [0, 0.1) is 0 Å². The third-order valence-corrected chi connectivity index (χ3v) is 6.10. The lowest BCUT2D eigenvalue weighted by atomic mass is 10.2. The van der Waals surface area contributed by atoms with Crippen molar-refractivity contribution in [3.8, 4) is 11.4 Å². The van der Waals surface area contributed by atoms with E-state index >= 15 is 0 Å². The summed E-state index contributed by atoms with van der Waals surface area (Å²) >= 11 is 0. The van der Waals surface area contributed by atoms with Crippen molar-refractivity contribution in [2.75, 3.05) is 29.5 Å². The first kappa shape index (κ1) is 14.6. The molecule has 0 aromatic carbocycles. The average molecular weight is 330 g/mol. The summed E-state index contributed by atoms with van der Waals surface area (Å²) in [6, 6.07) is 3.81. The quantitative estimate of drug-likeness (QED) is 0.825. The van der Waals surface area contributed by atoms with Gasteiger partial charge in [0.15, 0.2) is 15.7 Å². The Balaban J connectivity index is 1.76. The Morgan fingerprint density at radius 2 is 1.74 bits per heavy atom. The molecule has 2 aromatic heterocycles. The second-order valence-electron chi connectivity index (χ2n) is 6.02. The molecule has 2 aromatic rings.